The van der Waals surface area contributed by atoms with Gasteiger partial charge >= 0.3 is 0 Å². The van der Waals surface area contributed by atoms with Gasteiger partial charge in [-0.1, -0.05) is 35.9 Å². The van der Waals surface area contributed by atoms with Crippen molar-refractivity contribution in [2.75, 3.05) is 7.05 Å². The first kappa shape index (κ1) is 12.3. The molecule has 0 N–H and O–H groups in total. The first-order valence-corrected chi connectivity index (χ1v) is 6.84. The van der Waals surface area contributed by atoms with Crippen molar-refractivity contribution in [2.24, 2.45) is 0 Å². The van der Waals surface area contributed by atoms with Gasteiger partial charge in [0.1, 0.15) is 0 Å². The largest absolute Gasteiger partial charge is 0.295 e. The molecular formula is C15H19NS. The zero-order valence-electron chi connectivity index (χ0n) is 10.7. The van der Waals surface area contributed by atoms with Gasteiger partial charge in [-0.15, -0.1) is 11.3 Å². The van der Waals surface area contributed by atoms with Gasteiger partial charge in [0.2, 0.25) is 0 Å². The van der Waals surface area contributed by atoms with E-state index in [1.165, 1.54) is 16.0 Å². The molecule has 1 heterocycles. The standard InChI is InChI=1S/C15H19NS/c1-12-6-8-14(9-7-12)13(2)16(3)11-15-5-4-10-17-15/h4-10,13H,11H2,1-3H3. The fourth-order valence-corrected chi connectivity index (χ4v) is 2.65. The van der Waals surface area contributed by atoms with E-state index in [9.17, 15) is 0 Å². The summed E-state index contributed by atoms with van der Waals surface area (Å²) < 4.78 is 0. The summed E-state index contributed by atoms with van der Waals surface area (Å²) in [5, 5.41) is 2.14. The van der Waals surface area contributed by atoms with Crippen molar-refractivity contribution in [3.05, 3.63) is 57.8 Å². The summed E-state index contributed by atoms with van der Waals surface area (Å²) in [6.45, 7) is 5.41. The maximum absolute atomic E-state index is 2.39. The van der Waals surface area contributed by atoms with Gasteiger partial charge in [0.05, 0.1) is 0 Å². The first-order chi connectivity index (χ1) is 8.16. The first-order valence-electron chi connectivity index (χ1n) is 5.96. The Bertz CT molecular complexity index is 444. The van der Waals surface area contributed by atoms with E-state index in [1.807, 2.05) is 11.3 Å². The highest BCUT2D eigenvalue weighted by atomic mass is 32.1. The smallest absolute Gasteiger partial charge is 0.0330 e. The number of hydrogen-bond acceptors (Lipinski definition) is 2. The summed E-state index contributed by atoms with van der Waals surface area (Å²) in [7, 11) is 2.18. The zero-order chi connectivity index (χ0) is 12.3. The molecule has 1 nitrogen and oxygen atoms in total. The Morgan fingerprint density at radius 2 is 1.88 bits per heavy atom. The molecule has 2 heteroatoms. The van der Waals surface area contributed by atoms with Crippen molar-refractivity contribution >= 4 is 11.3 Å². The van der Waals surface area contributed by atoms with Gasteiger partial charge in [0.25, 0.3) is 0 Å². The molecule has 0 spiro atoms. The molecule has 0 saturated heterocycles. The maximum Gasteiger partial charge on any atom is 0.0330 e. The van der Waals surface area contributed by atoms with Crippen molar-refractivity contribution in [3.8, 4) is 0 Å². The van der Waals surface area contributed by atoms with Crippen LogP contribution in [0.3, 0.4) is 0 Å². The summed E-state index contributed by atoms with van der Waals surface area (Å²) in [4.78, 5) is 3.81. The van der Waals surface area contributed by atoms with Gasteiger partial charge in [0.15, 0.2) is 0 Å². The lowest BCUT2D eigenvalue weighted by molar-refractivity contribution is 0.255. The highest BCUT2D eigenvalue weighted by molar-refractivity contribution is 7.09. The minimum absolute atomic E-state index is 0.456. The molecule has 0 aliphatic rings. The van der Waals surface area contributed by atoms with E-state index in [0.29, 0.717) is 6.04 Å². The quantitative estimate of drug-likeness (QED) is 0.778. The molecule has 0 bridgehead atoms. The van der Waals surface area contributed by atoms with Crippen molar-refractivity contribution in [3.63, 3.8) is 0 Å². The molecule has 1 aromatic carbocycles. The van der Waals surface area contributed by atoms with Crippen LogP contribution >= 0.6 is 11.3 Å². The third-order valence-electron chi connectivity index (χ3n) is 3.21. The molecule has 0 radical (unpaired) electrons. The second-order valence-corrected chi connectivity index (χ2v) is 5.61. The number of rotatable bonds is 4. The van der Waals surface area contributed by atoms with E-state index < -0.39 is 0 Å². The Morgan fingerprint density at radius 1 is 1.18 bits per heavy atom. The summed E-state index contributed by atoms with van der Waals surface area (Å²) in [5.74, 6) is 0. The number of thiophene rings is 1. The van der Waals surface area contributed by atoms with E-state index in [-0.39, 0.29) is 0 Å². The zero-order valence-corrected chi connectivity index (χ0v) is 11.5. The van der Waals surface area contributed by atoms with Gasteiger partial charge in [-0.3, -0.25) is 4.90 Å². The molecule has 17 heavy (non-hydrogen) atoms. The Labute approximate surface area is 108 Å². The fourth-order valence-electron chi connectivity index (χ4n) is 1.88. The topological polar surface area (TPSA) is 3.24 Å². The van der Waals surface area contributed by atoms with Gasteiger partial charge in [-0.2, -0.15) is 0 Å². The lowest BCUT2D eigenvalue weighted by Gasteiger charge is -2.24. The second-order valence-electron chi connectivity index (χ2n) is 4.58. The monoisotopic (exact) mass is 245 g/mol. The third-order valence-corrected chi connectivity index (χ3v) is 4.07. The van der Waals surface area contributed by atoms with Crippen LogP contribution in [0.2, 0.25) is 0 Å². The highest BCUT2D eigenvalue weighted by Gasteiger charge is 2.11. The predicted molar refractivity (Wildman–Crippen MR) is 75.4 cm³/mol. The molecule has 2 rings (SSSR count). The van der Waals surface area contributed by atoms with Crippen LogP contribution < -0.4 is 0 Å². The maximum atomic E-state index is 2.39. The molecule has 2 aromatic rings. The molecule has 1 unspecified atom stereocenters. The minimum atomic E-state index is 0.456. The summed E-state index contributed by atoms with van der Waals surface area (Å²) in [5.41, 5.74) is 2.71. The fraction of sp³-hybridized carbons (Fsp3) is 0.333. The van der Waals surface area contributed by atoms with Crippen LogP contribution in [0.25, 0.3) is 0 Å². The summed E-state index contributed by atoms with van der Waals surface area (Å²) >= 11 is 1.82. The van der Waals surface area contributed by atoms with Crippen LogP contribution in [-0.2, 0) is 6.54 Å². The molecule has 0 aliphatic carbocycles. The molecule has 0 aliphatic heterocycles. The van der Waals surface area contributed by atoms with Crippen molar-refractivity contribution in [1.82, 2.24) is 4.90 Å². The van der Waals surface area contributed by atoms with Crippen LogP contribution in [0.15, 0.2) is 41.8 Å². The number of aryl methyl sites for hydroxylation is 1. The normalized spacial score (nSPS) is 12.9. The Kier molecular flexibility index (Phi) is 3.97. The average molecular weight is 245 g/mol. The number of nitrogens with zero attached hydrogens (tertiary/aromatic N) is 1. The summed E-state index contributed by atoms with van der Waals surface area (Å²) in [6.07, 6.45) is 0. The molecule has 0 saturated carbocycles. The van der Waals surface area contributed by atoms with Gasteiger partial charge in [-0.05, 0) is 37.9 Å². The molecule has 0 fully saturated rings. The van der Waals surface area contributed by atoms with E-state index in [4.69, 9.17) is 0 Å². The Morgan fingerprint density at radius 3 is 2.47 bits per heavy atom. The SMILES string of the molecule is Cc1ccc(C(C)N(C)Cc2cccs2)cc1. The molecular weight excluding hydrogens is 226 g/mol. The lowest BCUT2D eigenvalue weighted by Crippen LogP contribution is -2.21. The molecule has 90 valence electrons. The minimum Gasteiger partial charge on any atom is -0.295 e. The van der Waals surface area contributed by atoms with E-state index >= 15 is 0 Å². The van der Waals surface area contributed by atoms with E-state index in [1.54, 1.807) is 0 Å². The highest BCUT2D eigenvalue weighted by Crippen LogP contribution is 2.22. The molecule has 1 atom stereocenters. The Hall–Kier alpha value is -1.12. The Balaban J connectivity index is 2.04. The average Bonchev–Trinajstić information content (AvgIpc) is 2.82. The van der Waals surface area contributed by atoms with Crippen LogP contribution in [0.4, 0.5) is 0 Å². The molecule has 0 amide bonds. The third kappa shape index (κ3) is 3.18. The van der Waals surface area contributed by atoms with Gasteiger partial charge in [0, 0.05) is 17.5 Å². The number of hydrogen-bond donors (Lipinski definition) is 0. The van der Waals surface area contributed by atoms with E-state index in [0.717, 1.165) is 6.54 Å². The predicted octanol–water partition coefficient (Wildman–Crippen LogP) is 4.25. The summed E-state index contributed by atoms with van der Waals surface area (Å²) in [6, 6.07) is 13.6. The second kappa shape index (κ2) is 5.48. The van der Waals surface area contributed by atoms with Gasteiger partial charge < -0.3 is 0 Å². The van der Waals surface area contributed by atoms with Crippen LogP contribution in [0.5, 0.6) is 0 Å². The van der Waals surface area contributed by atoms with Gasteiger partial charge in [-0.25, -0.2) is 0 Å². The number of benzene rings is 1. The van der Waals surface area contributed by atoms with Crippen LogP contribution in [0, 0.1) is 6.92 Å². The van der Waals surface area contributed by atoms with Crippen molar-refractivity contribution in [1.29, 1.82) is 0 Å². The van der Waals surface area contributed by atoms with Crippen molar-refractivity contribution in [2.45, 2.75) is 26.4 Å². The lowest BCUT2D eigenvalue weighted by atomic mass is 10.1. The van der Waals surface area contributed by atoms with E-state index in [2.05, 4.69) is 67.6 Å². The van der Waals surface area contributed by atoms with Crippen LogP contribution in [-0.4, -0.2) is 11.9 Å². The van der Waals surface area contributed by atoms with Crippen molar-refractivity contribution < 1.29 is 0 Å². The molecule has 1 aromatic heterocycles. The van der Waals surface area contributed by atoms with Crippen LogP contribution in [0.1, 0.15) is 29.0 Å².